The Morgan fingerprint density at radius 1 is 1.62 bits per heavy atom. The number of nitriles is 1. The summed E-state index contributed by atoms with van der Waals surface area (Å²) in [7, 11) is 0. The molecule has 1 aromatic heterocycles. The van der Waals surface area contributed by atoms with E-state index in [1.807, 2.05) is 19.1 Å². The van der Waals surface area contributed by atoms with Crippen molar-refractivity contribution in [3.63, 3.8) is 0 Å². The highest BCUT2D eigenvalue weighted by Crippen LogP contribution is 2.25. The van der Waals surface area contributed by atoms with Gasteiger partial charge in [-0.05, 0) is 25.5 Å². The molecule has 16 heavy (non-hydrogen) atoms. The minimum absolute atomic E-state index is 0.380. The van der Waals surface area contributed by atoms with Gasteiger partial charge in [0.1, 0.15) is 11.9 Å². The van der Waals surface area contributed by atoms with E-state index < -0.39 is 0 Å². The Labute approximate surface area is 95.3 Å². The van der Waals surface area contributed by atoms with Crippen LogP contribution in [0.25, 0.3) is 0 Å². The Morgan fingerprint density at radius 2 is 2.50 bits per heavy atom. The van der Waals surface area contributed by atoms with E-state index in [0.717, 1.165) is 31.9 Å². The molecule has 84 valence electrons. The number of aromatic nitrogens is 1. The summed E-state index contributed by atoms with van der Waals surface area (Å²) in [6.45, 7) is 4.31. The number of nitrogens with one attached hydrogen (secondary N) is 1. The highest BCUT2D eigenvalue weighted by atomic mass is 16.5. The minimum atomic E-state index is 0.380. The highest BCUT2D eigenvalue weighted by Gasteiger charge is 2.20. The van der Waals surface area contributed by atoms with Gasteiger partial charge in [0.05, 0.1) is 12.2 Å². The normalized spacial score (nSPS) is 19.4. The second-order valence-electron chi connectivity index (χ2n) is 3.83. The number of nitrogens with zero attached hydrogens (tertiary/aromatic N) is 2. The number of hydrogen-bond donors (Lipinski definition) is 1. The molecule has 4 heteroatoms. The van der Waals surface area contributed by atoms with E-state index in [1.54, 1.807) is 0 Å². The van der Waals surface area contributed by atoms with Gasteiger partial charge in [0, 0.05) is 24.8 Å². The highest BCUT2D eigenvalue weighted by molar-refractivity contribution is 5.52. The Bertz CT molecular complexity index is 405. The molecule has 1 atom stereocenters. The van der Waals surface area contributed by atoms with Gasteiger partial charge in [-0.3, -0.25) is 0 Å². The summed E-state index contributed by atoms with van der Waals surface area (Å²) >= 11 is 0. The van der Waals surface area contributed by atoms with Crippen molar-refractivity contribution in [1.82, 2.24) is 4.98 Å². The Balaban J connectivity index is 2.27. The average molecular weight is 217 g/mol. The van der Waals surface area contributed by atoms with Crippen LogP contribution in [0, 0.1) is 11.3 Å². The zero-order valence-electron chi connectivity index (χ0n) is 9.36. The molecule has 0 saturated carbocycles. The molecule has 0 spiro atoms. The molecule has 1 fully saturated rings. The molecule has 2 rings (SSSR count). The lowest BCUT2D eigenvalue weighted by Gasteiger charge is -2.10. The van der Waals surface area contributed by atoms with Crippen LogP contribution in [-0.2, 0) is 4.74 Å². The Kier molecular flexibility index (Phi) is 3.37. The third-order valence-corrected chi connectivity index (χ3v) is 2.73. The topological polar surface area (TPSA) is 57.9 Å². The summed E-state index contributed by atoms with van der Waals surface area (Å²) in [6.07, 6.45) is 1.02. The first-order chi connectivity index (χ1) is 7.85. The standard InChI is InChI=1S/C12H15N3O/c1-2-14-12-9(7-13)3-4-11(15-12)10-5-6-16-8-10/h3-4,10H,2,5-6,8H2,1H3,(H,14,15). The van der Waals surface area contributed by atoms with Crippen LogP contribution in [0.2, 0.25) is 0 Å². The fourth-order valence-electron chi connectivity index (χ4n) is 1.86. The van der Waals surface area contributed by atoms with Gasteiger partial charge in [0.25, 0.3) is 0 Å². The molecule has 1 unspecified atom stereocenters. The largest absolute Gasteiger partial charge is 0.381 e. The van der Waals surface area contributed by atoms with Crippen molar-refractivity contribution in [2.45, 2.75) is 19.3 Å². The second-order valence-corrected chi connectivity index (χ2v) is 3.83. The summed E-state index contributed by atoms with van der Waals surface area (Å²) in [5.74, 6) is 1.07. The van der Waals surface area contributed by atoms with Crippen LogP contribution in [0.5, 0.6) is 0 Å². The van der Waals surface area contributed by atoms with E-state index in [1.165, 1.54) is 0 Å². The quantitative estimate of drug-likeness (QED) is 0.840. The molecule has 1 saturated heterocycles. The van der Waals surface area contributed by atoms with Crippen LogP contribution < -0.4 is 5.32 Å². The van der Waals surface area contributed by atoms with Gasteiger partial charge in [-0.1, -0.05) is 0 Å². The molecule has 0 radical (unpaired) electrons. The summed E-state index contributed by atoms with van der Waals surface area (Å²) in [5, 5.41) is 12.1. The van der Waals surface area contributed by atoms with Crippen molar-refractivity contribution in [3.8, 4) is 6.07 Å². The van der Waals surface area contributed by atoms with Gasteiger partial charge in [-0.25, -0.2) is 4.98 Å². The number of pyridine rings is 1. The number of ether oxygens (including phenoxy) is 1. The molecule has 1 aliphatic heterocycles. The lowest BCUT2D eigenvalue weighted by Crippen LogP contribution is -2.07. The molecule has 0 amide bonds. The Hall–Kier alpha value is -1.60. The predicted octanol–water partition coefficient (Wildman–Crippen LogP) is 1.89. The maximum atomic E-state index is 8.95. The van der Waals surface area contributed by atoms with E-state index in [4.69, 9.17) is 10.00 Å². The van der Waals surface area contributed by atoms with Crippen molar-refractivity contribution in [1.29, 1.82) is 5.26 Å². The van der Waals surface area contributed by atoms with Crippen LogP contribution in [0.1, 0.15) is 30.5 Å². The molecule has 0 bridgehead atoms. The van der Waals surface area contributed by atoms with E-state index in [9.17, 15) is 0 Å². The predicted molar refractivity (Wildman–Crippen MR) is 61.3 cm³/mol. The van der Waals surface area contributed by atoms with Crippen LogP contribution >= 0.6 is 0 Å². The Morgan fingerprint density at radius 3 is 3.12 bits per heavy atom. The van der Waals surface area contributed by atoms with Crippen LogP contribution in [0.4, 0.5) is 5.82 Å². The number of rotatable bonds is 3. The van der Waals surface area contributed by atoms with Crippen LogP contribution in [-0.4, -0.2) is 24.7 Å². The molecule has 2 heterocycles. The first-order valence-corrected chi connectivity index (χ1v) is 5.57. The molecule has 0 aromatic carbocycles. The van der Waals surface area contributed by atoms with Crippen molar-refractivity contribution >= 4 is 5.82 Å². The minimum Gasteiger partial charge on any atom is -0.381 e. The maximum Gasteiger partial charge on any atom is 0.144 e. The third kappa shape index (κ3) is 2.15. The molecule has 1 aliphatic rings. The van der Waals surface area contributed by atoms with E-state index in [-0.39, 0.29) is 0 Å². The molecule has 0 aliphatic carbocycles. The monoisotopic (exact) mass is 217 g/mol. The second kappa shape index (κ2) is 4.95. The summed E-state index contributed by atoms with van der Waals surface area (Å²) in [4.78, 5) is 4.50. The van der Waals surface area contributed by atoms with Crippen molar-refractivity contribution in [3.05, 3.63) is 23.4 Å². The molecule has 4 nitrogen and oxygen atoms in total. The maximum absolute atomic E-state index is 8.95. The smallest absolute Gasteiger partial charge is 0.144 e. The van der Waals surface area contributed by atoms with Gasteiger partial charge in [-0.2, -0.15) is 5.26 Å². The van der Waals surface area contributed by atoms with Gasteiger partial charge >= 0.3 is 0 Å². The fraction of sp³-hybridized carbons (Fsp3) is 0.500. The van der Waals surface area contributed by atoms with E-state index >= 15 is 0 Å². The molecule has 1 N–H and O–H groups in total. The van der Waals surface area contributed by atoms with Gasteiger partial charge in [-0.15, -0.1) is 0 Å². The van der Waals surface area contributed by atoms with Crippen LogP contribution in [0.3, 0.4) is 0 Å². The first-order valence-electron chi connectivity index (χ1n) is 5.57. The lowest BCUT2D eigenvalue weighted by atomic mass is 10.0. The fourth-order valence-corrected chi connectivity index (χ4v) is 1.86. The zero-order chi connectivity index (χ0) is 11.4. The molecule has 1 aromatic rings. The average Bonchev–Trinajstić information content (AvgIpc) is 2.83. The summed E-state index contributed by atoms with van der Waals surface area (Å²) in [5.41, 5.74) is 1.62. The zero-order valence-corrected chi connectivity index (χ0v) is 9.36. The number of anilines is 1. The van der Waals surface area contributed by atoms with E-state index in [2.05, 4.69) is 16.4 Å². The lowest BCUT2D eigenvalue weighted by molar-refractivity contribution is 0.193. The van der Waals surface area contributed by atoms with Crippen molar-refractivity contribution in [2.75, 3.05) is 25.1 Å². The third-order valence-electron chi connectivity index (χ3n) is 2.73. The SMILES string of the molecule is CCNc1nc(C2CCOC2)ccc1C#N. The summed E-state index contributed by atoms with van der Waals surface area (Å²) in [6, 6.07) is 5.90. The molecular formula is C12H15N3O. The van der Waals surface area contributed by atoms with Crippen LogP contribution in [0.15, 0.2) is 12.1 Å². The summed E-state index contributed by atoms with van der Waals surface area (Å²) < 4.78 is 5.34. The van der Waals surface area contributed by atoms with Gasteiger partial charge in [0.2, 0.25) is 0 Å². The van der Waals surface area contributed by atoms with Crippen molar-refractivity contribution < 1.29 is 4.74 Å². The van der Waals surface area contributed by atoms with E-state index in [0.29, 0.717) is 17.3 Å². The van der Waals surface area contributed by atoms with Crippen molar-refractivity contribution in [2.24, 2.45) is 0 Å². The molecular weight excluding hydrogens is 202 g/mol. The van der Waals surface area contributed by atoms with Gasteiger partial charge in [0.15, 0.2) is 0 Å². The first kappa shape index (κ1) is 10.9. The number of hydrogen-bond acceptors (Lipinski definition) is 4. The van der Waals surface area contributed by atoms with Gasteiger partial charge < -0.3 is 10.1 Å².